The molecule has 0 aliphatic rings. The van der Waals surface area contributed by atoms with Crippen molar-refractivity contribution in [2.75, 3.05) is 13.1 Å². The highest BCUT2D eigenvalue weighted by molar-refractivity contribution is 6.31. The molecule has 136 valence electrons. The molecule has 0 aliphatic heterocycles. The molecule has 6 heteroatoms. The summed E-state index contributed by atoms with van der Waals surface area (Å²) < 4.78 is 5.76. The number of nitrogens with one attached hydrogen (secondary N) is 1. The second-order valence-electron chi connectivity index (χ2n) is 5.86. The van der Waals surface area contributed by atoms with Crippen molar-refractivity contribution in [1.82, 2.24) is 5.32 Å². The van der Waals surface area contributed by atoms with Gasteiger partial charge in [-0.25, -0.2) is 0 Å². The number of carbonyl (C=O) groups is 1. The largest absolute Gasteiger partial charge is 0.489 e. The lowest BCUT2D eigenvalue weighted by molar-refractivity contribution is -0.135. The van der Waals surface area contributed by atoms with Crippen LogP contribution in [0.4, 0.5) is 0 Å². The topological polar surface area (TPSA) is 58.6 Å². The van der Waals surface area contributed by atoms with E-state index in [0.717, 1.165) is 17.7 Å². The third-order valence-electron chi connectivity index (χ3n) is 3.63. The van der Waals surface area contributed by atoms with Crippen molar-refractivity contribution in [2.45, 2.75) is 20.0 Å². The Morgan fingerprint density at radius 3 is 2.52 bits per heavy atom. The lowest BCUT2D eigenvalue weighted by Gasteiger charge is -2.12. The molecule has 25 heavy (non-hydrogen) atoms. The first kappa shape index (κ1) is 21.3. The fraction of sp³-hybridized carbons (Fsp3) is 0.316. The van der Waals surface area contributed by atoms with Crippen LogP contribution in [0.3, 0.4) is 0 Å². The van der Waals surface area contributed by atoms with Crippen LogP contribution in [0.15, 0.2) is 48.5 Å². The third kappa shape index (κ3) is 7.78. The van der Waals surface area contributed by atoms with Crippen molar-refractivity contribution in [3.63, 3.8) is 0 Å². The quantitative estimate of drug-likeness (QED) is 0.681. The van der Waals surface area contributed by atoms with Gasteiger partial charge in [0.2, 0.25) is 0 Å². The van der Waals surface area contributed by atoms with Crippen LogP contribution < -0.4 is 10.1 Å². The van der Waals surface area contributed by atoms with Crippen molar-refractivity contribution >= 4 is 30.0 Å². The number of benzene rings is 2. The summed E-state index contributed by atoms with van der Waals surface area (Å²) >= 11 is 6.11. The van der Waals surface area contributed by atoms with Crippen LogP contribution in [0.2, 0.25) is 5.02 Å². The first-order valence-electron chi connectivity index (χ1n) is 7.92. The minimum Gasteiger partial charge on any atom is -0.489 e. The number of aliphatic carboxylic acids is 1. The smallest absolute Gasteiger partial charge is 0.317 e. The number of hydrogen-bond donors (Lipinski definition) is 2. The molecule has 0 bridgehead atoms. The number of rotatable bonds is 9. The molecule has 0 heterocycles. The normalized spacial score (nSPS) is 11.4. The maximum Gasteiger partial charge on any atom is 0.317 e. The van der Waals surface area contributed by atoms with Gasteiger partial charge in [0.1, 0.15) is 12.4 Å². The SMILES string of the molecule is CC(CNCC(=O)O)Cc1ccc(OCc2ccccc2Cl)cc1.Cl. The van der Waals surface area contributed by atoms with Gasteiger partial charge in [0.05, 0.1) is 6.54 Å². The lowest BCUT2D eigenvalue weighted by atomic mass is 10.0. The zero-order chi connectivity index (χ0) is 17.4. The molecule has 0 saturated heterocycles. The van der Waals surface area contributed by atoms with Crippen LogP contribution in [0.1, 0.15) is 18.1 Å². The summed E-state index contributed by atoms with van der Waals surface area (Å²) in [6.07, 6.45) is 0.886. The molecular formula is C19H23Cl2NO3. The predicted octanol–water partition coefficient (Wildman–Crippen LogP) is 4.19. The number of carboxylic acid groups (broad SMARTS) is 1. The van der Waals surface area contributed by atoms with Crippen molar-refractivity contribution in [3.8, 4) is 5.75 Å². The molecule has 0 fully saturated rings. The Hall–Kier alpha value is -1.75. The van der Waals surface area contributed by atoms with E-state index in [0.29, 0.717) is 24.1 Å². The molecule has 2 rings (SSSR count). The zero-order valence-electron chi connectivity index (χ0n) is 14.1. The summed E-state index contributed by atoms with van der Waals surface area (Å²) in [5.74, 6) is 0.330. The maximum atomic E-state index is 10.5. The molecule has 2 aromatic carbocycles. The van der Waals surface area contributed by atoms with Crippen molar-refractivity contribution in [1.29, 1.82) is 0 Å². The summed E-state index contributed by atoms with van der Waals surface area (Å²) in [5, 5.41) is 12.2. The Morgan fingerprint density at radius 1 is 1.20 bits per heavy atom. The van der Waals surface area contributed by atoms with E-state index in [1.54, 1.807) is 0 Å². The Balaban J connectivity index is 0.00000312. The number of ether oxygens (including phenoxy) is 1. The fourth-order valence-corrected chi connectivity index (χ4v) is 2.59. The van der Waals surface area contributed by atoms with E-state index in [4.69, 9.17) is 21.4 Å². The Morgan fingerprint density at radius 2 is 1.88 bits per heavy atom. The predicted molar refractivity (Wildman–Crippen MR) is 103 cm³/mol. The van der Waals surface area contributed by atoms with Gasteiger partial charge >= 0.3 is 5.97 Å². The highest BCUT2D eigenvalue weighted by atomic mass is 35.5. The fourth-order valence-electron chi connectivity index (χ4n) is 2.40. The van der Waals surface area contributed by atoms with Crippen LogP contribution >= 0.6 is 24.0 Å². The molecule has 2 N–H and O–H groups in total. The molecule has 0 radical (unpaired) electrons. The van der Waals surface area contributed by atoms with Crippen molar-refractivity contribution < 1.29 is 14.6 Å². The Labute approximate surface area is 159 Å². The van der Waals surface area contributed by atoms with Crippen molar-refractivity contribution in [2.24, 2.45) is 5.92 Å². The van der Waals surface area contributed by atoms with E-state index in [9.17, 15) is 4.79 Å². The van der Waals surface area contributed by atoms with E-state index in [-0.39, 0.29) is 19.0 Å². The summed E-state index contributed by atoms with van der Waals surface area (Å²) in [6, 6.07) is 15.6. The van der Waals surface area contributed by atoms with Crippen LogP contribution in [0, 0.1) is 5.92 Å². The molecular weight excluding hydrogens is 361 g/mol. The van der Waals surface area contributed by atoms with E-state index in [1.807, 2.05) is 48.5 Å². The zero-order valence-corrected chi connectivity index (χ0v) is 15.6. The molecule has 4 nitrogen and oxygen atoms in total. The monoisotopic (exact) mass is 383 g/mol. The minimum absolute atomic E-state index is 0. The number of carboxylic acids is 1. The van der Waals surface area contributed by atoms with Gasteiger partial charge in [-0.15, -0.1) is 12.4 Å². The summed E-state index contributed by atoms with van der Waals surface area (Å²) in [6.45, 7) is 3.21. The molecule has 0 amide bonds. The summed E-state index contributed by atoms with van der Waals surface area (Å²) in [4.78, 5) is 10.5. The number of halogens is 2. The molecule has 2 aromatic rings. The molecule has 0 saturated carbocycles. The Bertz CT molecular complexity index is 662. The van der Waals surface area contributed by atoms with Crippen molar-refractivity contribution in [3.05, 3.63) is 64.7 Å². The third-order valence-corrected chi connectivity index (χ3v) is 4.00. The first-order chi connectivity index (χ1) is 11.5. The van der Waals surface area contributed by atoms with Crippen LogP contribution in [0.5, 0.6) is 5.75 Å². The highest BCUT2D eigenvalue weighted by Gasteiger charge is 2.06. The van der Waals surface area contributed by atoms with Gasteiger partial charge in [-0.1, -0.05) is 48.9 Å². The van der Waals surface area contributed by atoms with E-state index < -0.39 is 5.97 Å². The average Bonchev–Trinajstić information content (AvgIpc) is 2.55. The summed E-state index contributed by atoms with van der Waals surface area (Å²) in [5.41, 5.74) is 2.16. The molecule has 0 aromatic heterocycles. The second kappa shape index (κ2) is 11.0. The van der Waals surface area contributed by atoms with Gasteiger partial charge in [-0.3, -0.25) is 4.79 Å². The van der Waals surface area contributed by atoms with E-state index in [1.165, 1.54) is 5.56 Å². The highest BCUT2D eigenvalue weighted by Crippen LogP contribution is 2.19. The van der Waals surface area contributed by atoms with Gasteiger partial charge in [0.15, 0.2) is 0 Å². The number of hydrogen-bond acceptors (Lipinski definition) is 3. The van der Waals surface area contributed by atoms with Gasteiger partial charge in [-0.2, -0.15) is 0 Å². The van der Waals surface area contributed by atoms with E-state index in [2.05, 4.69) is 12.2 Å². The van der Waals surface area contributed by atoms with Gasteiger partial charge in [0, 0.05) is 10.6 Å². The molecule has 1 unspecified atom stereocenters. The maximum absolute atomic E-state index is 10.5. The molecule has 0 spiro atoms. The van der Waals surface area contributed by atoms with Crippen LogP contribution in [0.25, 0.3) is 0 Å². The summed E-state index contributed by atoms with van der Waals surface area (Å²) in [7, 11) is 0. The van der Waals surface area contributed by atoms with Gasteiger partial charge in [-0.05, 0) is 42.6 Å². The Kier molecular flexibility index (Phi) is 9.35. The van der Waals surface area contributed by atoms with Gasteiger partial charge in [0.25, 0.3) is 0 Å². The average molecular weight is 384 g/mol. The minimum atomic E-state index is -0.831. The first-order valence-corrected chi connectivity index (χ1v) is 8.30. The second-order valence-corrected chi connectivity index (χ2v) is 6.27. The van der Waals surface area contributed by atoms with E-state index >= 15 is 0 Å². The van der Waals surface area contributed by atoms with Crippen LogP contribution in [-0.2, 0) is 17.8 Å². The van der Waals surface area contributed by atoms with Gasteiger partial charge < -0.3 is 15.2 Å². The van der Waals surface area contributed by atoms with Crippen LogP contribution in [-0.4, -0.2) is 24.2 Å². The molecule has 1 atom stereocenters. The lowest BCUT2D eigenvalue weighted by Crippen LogP contribution is -2.27. The molecule has 0 aliphatic carbocycles. The standard InChI is InChI=1S/C19H22ClNO3.ClH/c1-14(11-21-12-19(22)23)10-15-6-8-17(9-7-15)24-13-16-4-2-3-5-18(16)20;/h2-9,14,21H,10-13H2,1H3,(H,22,23);1H.